The Kier molecular flexibility index (Phi) is 7.42. The second kappa shape index (κ2) is 11.0. The number of benzene rings is 2. The molecule has 0 aromatic heterocycles. The van der Waals surface area contributed by atoms with E-state index < -0.39 is 28.7 Å². The summed E-state index contributed by atoms with van der Waals surface area (Å²) in [5.74, 6) is -1.55. The number of hydrogen-bond acceptors (Lipinski definition) is 5. The maximum Gasteiger partial charge on any atom is 0.244 e. The number of anilines is 1. The van der Waals surface area contributed by atoms with Gasteiger partial charge >= 0.3 is 0 Å². The van der Waals surface area contributed by atoms with Crippen molar-refractivity contribution in [3.63, 3.8) is 0 Å². The molecule has 39 heavy (non-hydrogen) atoms. The zero-order valence-electron chi connectivity index (χ0n) is 22.1. The topological polar surface area (TPSA) is 98.7 Å². The van der Waals surface area contributed by atoms with Gasteiger partial charge in [0.1, 0.15) is 6.04 Å². The average molecular weight is 548 g/mol. The highest BCUT2D eigenvalue weighted by Crippen LogP contribution is 2.66. The molecular formula is C31H37N3O4S. The molecule has 3 saturated heterocycles. The molecule has 1 aliphatic carbocycles. The Balaban J connectivity index is 1.34. The van der Waals surface area contributed by atoms with Crippen LogP contribution in [0, 0.1) is 11.8 Å². The van der Waals surface area contributed by atoms with Gasteiger partial charge in [-0.3, -0.25) is 14.4 Å². The minimum atomic E-state index is -0.706. The summed E-state index contributed by atoms with van der Waals surface area (Å²) in [6.45, 7) is -0.244. The average Bonchev–Trinajstić information content (AvgIpc) is 3.61. The number of hydrogen-bond donors (Lipinski definition) is 3. The lowest BCUT2D eigenvalue weighted by Crippen LogP contribution is -2.58. The molecule has 2 aromatic carbocycles. The second-order valence-electron chi connectivity index (χ2n) is 11.5. The lowest BCUT2D eigenvalue weighted by molar-refractivity contribution is -0.142. The van der Waals surface area contributed by atoms with Gasteiger partial charge in [-0.05, 0) is 49.8 Å². The van der Waals surface area contributed by atoms with Crippen LogP contribution in [0.2, 0.25) is 0 Å². The number of aliphatic hydroxyl groups excluding tert-OH is 1. The number of amides is 3. The molecule has 2 unspecified atom stereocenters. The molecule has 3 N–H and O–H groups in total. The lowest BCUT2D eigenvalue weighted by atomic mass is 9.70. The summed E-state index contributed by atoms with van der Waals surface area (Å²) >= 11 is 1.67. The van der Waals surface area contributed by atoms with Gasteiger partial charge < -0.3 is 20.6 Å². The first-order chi connectivity index (χ1) is 19.0. The summed E-state index contributed by atoms with van der Waals surface area (Å²) in [5.41, 5.74) is 1.70. The number of rotatable bonds is 8. The molecule has 6 atom stereocenters. The molecule has 2 bridgehead atoms. The van der Waals surface area contributed by atoms with Gasteiger partial charge in [-0.2, -0.15) is 0 Å². The predicted octanol–water partition coefficient (Wildman–Crippen LogP) is 3.77. The van der Waals surface area contributed by atoms with Crippen molar-refractivity contribution in [3.8, 4) is 0 Å². The van der Waals surface area contributed by atoms with Crippen molar-refractivity contribution in [2.75, 3.05) is 11.9 Å². The third-order valence-electron chi connectivity index (χ3n) is 9.20. The first-order valence-electron chi connectivity index (χ1n) is 14.3. The number of fused-ring (bicyclic) bond motifs is 1. The summed E-state index contributed by atoms with van der Waals surface area (Å²) in [5, 5.41) is 16.9. The number of aliphatic hydroxyl groups is 1. The molecule has 1 saturated carbocycles. The van der Waals surface area contributed by atoms with Gasteiger partial charge in [0, 0.05) is 17.0 Å². The third-order valence-corrected chi connectivity index (χ3v) is 11.2. The molecule has 6 rings (SSSR count). The quantitative estimate of drug-likeness (QED) is 0.468. The number of likely N-dealkylation sites (tertiary alicyclic amines) is 1. The van der Waals surface area contributed by atoms with E-state index in [1.54, 1.807) is 16.7 Å². The predicted molar refractivity (Wildman–Crippen MR) is 152 cm³/mol. The van der Waals surface area contributed by atoms with Crippen LogP contribution in [0.15, 0.2) is 60.7 Å². The van der Waals surface area contributed by atoms with Gasteiger partial charge in [0.25, 0.3) is 0 Å². The Morgan fingerprint density at radius 2 is 1.67 bits per heavy atom. The standard InChI is InChI=1S/C31H37N3O4S/c35-19-23(18-20-10-4-1-5-11-20)34-27(29(37)33-22-14-8-3-9-15-22)31-17-16-24(39-31)25(26(31)30(34)38)28(36)32-21-12-6-2-7-13-21/h1-2,4-7,10-13,22-27,35H,3,8-9,14-19H2,(H,32,36)(H,33,37)/t23-,24-,25+,26+,27?,31?/m1/s1. The van der Waals surface area contributed by atoms with Crippen LogP contribution in [0.4, 0.5) is 5.69 Å². The Morgan fingerprint density at radius 3 is 2.36 bits per heavy atom. The second-order valence-corrected chi connectivity index (χ2v) is 13.1. The van der Waals surface area contributed by atoms with Crippen molar-refractivity contribution >= 4 is 35.2 Å². The van der Waals surface area contributed by atoms with Crippen molar-refractivity contribution < 1.29 is 19.5 Å². The molecule has 3 heterocycles. The highest BCUT2D eigenvalue weighted by Gasteiger charge is 2.74. The molecule has 206 valence electrons. The molecule has 4 fully saturated rings. The monoisotopic (exact) mass is 547 g/mol. The van der Waals surface area contributed by atoms with Gasteiger partial charge in [0.2, 0.25) is 17.7 Å². The minimum absolute atomic E-state index is 0.00325. The van der Waals surface area contributed by atoms with E-state index in [1.165, 1.54) is 6.42 Å². The van der Waals surface area contributed by atoms with Crippen LogP contribution in [-0.2, 0) is 20.8 Å². The van der Waals surface area contributed by atoms with Gasteiger partial charge in [-0.25, -0.2) is 0 Å². The maximum absolute atomic E-state index is 14.4. The van der Waals surface area contributed by atoms with Crippen LogP contribution >= 0.6 is 11.8 Å². The van der Waals surface area contributed by atoms with Crippen molar-refractivity contribution in [2.24, 2.45) is 11.8 Å². The number of nitrogens with zero attached hydrogens (tertiary/aromatic N) is 1. The first kappa shape index (κ1) is 26.4. The molecule has 0 radical (unpaired) electrons. The van der Waals surface area contributed by atoms with E-state index in [2.05, 4.69) is 10.6 Å². The number of carbonyl (C=O) groups excluding carboxylic acids is 3. The molecule has 4 aliphatic rings. The Bertz CT molecular complexity index is 1200. The van der Waals surface area contributed by atoms with E-state index >= 15 is 0 Å². The van der Waals surface area contributed by atoms with Gasteiger partial charge in [0.05, 0.1) is 29.2 Å². The van der Waals surface area contributed by atoms with Crippen LogP contribution < -0.4 is 10.6 Å². The summed E-state index contributed by atoms with van der Waals surface area (Å²) in [7, 11) is 0. The number of nitrogens with one attached hydrogen (secondary N) is 2. The van der Waals surface area contributed by atoms with E-state index in [-0.39, 0.29) is 35.6 Å². The van der Waals surface area contributed by atoms with Gasteiger partial charge in [0.15, 0.2) is 0 Å². The lowest BCUT2D eigenvalue weighted by Gasteiger charge is -2.38. The number of carbonyl (C=O) groups is 3. The minimum Gasteiger partial charge on any atom is -0.394 e. The summed E-state index contributed by atoms with van der Waals surface area (Å²) in [6, 6.07) is 18.0. The third kappa shape index (κ3) is 4.76. The normalized spacial score (nSPS) is 30.7. The fourth-order valence-electron chi connectivity index (χ4n) is 7.50. The van der Waals surface area contributed by atoms with Crippen molar-refractivity contribution in [3.05, 3.63) is 66.2 Å². The van der Waals surface area contributed by atoms with E-state index in [0.29, 0.717) is 12.1 Å². The maximum atomic E-state index is 14.4. The molecule has 8 heteroatoms. The number of para-hydroxylation sites is 1. The van der Waals surface area contributed by atoms with Gasteiger partial charge in [-0.15, -0.1) is 11.8 Å². The molecule has 3 amide bonds. The van der Waals surface area contributed by atoms with E-state index in [0.717, 1.165) is 44.1 Å². The Morgan fingerprint density at radius 1 is 0.974 bits per heavy atom. The van der Waals surface area contributed by atoms with E-state index in [4.69, 9.17) is 0 Å². The summed E-state index contributed by atoms with van der Waals surface area (Å²) in [6.07, 6.45) is 7.25. The van der Waals surface area contributed by atoms with Crippen LogP contribution in [0.1, 0.15) is 50.5 Å². The SMILES string of the molecule is O=C(NC1CCCCC1)C1N([C@@H](CO)Cc2ccccc2)C(=O)[C@@H]2[C@@H](C(=O)Nc3ccccc3)[C@H]3CCC12S3. The van der Waals surface area contributed by atoms with Crippen molar-refractivity contribution in [1.29, 1.82) is 0 Å². The molecular weight excluding hydrogens is 510 g/mol. The number of thioether (sulfide) groups is 1. The van der Waals surface area contributed by atoms with Crippen molar-refractivity contribution in [2.45, 2.75) is 79.5 Å². The largest absolute Gasteiger partial charge is 0.394 e. The summed E-state index contributed by atoms with van der Waals surface area (Å²) < 4.78 is -0.663. The molecule has 3 aliphatic heterocycles. The van der Waals surface area contributed by atoms with Crippen molar-refractivity contribution in [1.82, 2.24) is 10.2 Å². The molecule has 1 spiro atoms. The first-order valence-corrected chi connectivity index (χ1v) is 15.2. The Hall–Kier alpha value is -2.84. The van der Waals surface area contributed by atoms with Crippen LogP contribution in [0.25, 0.3) is 0 Å². The van der Waals surface area contributed by atoms with E-state index in [9.17, 15) is 19.5 Å². The molecule has 2 aromatic rings. The van der Waals surface area contributed by atoms with Crippen LogP contribution in [-0.4, -0.2) is 62.5 Å². The zero-order chi connectivity index (χ0) is 27.0. The zero-order valence-corrected chi connectivity index (χ0v) is 22.9. The fourth-order valence-corrected chi connectivity index (χ4v) is 9.70. The Labute approximate surface area is 234 Å². The fraction of sp³-hybridized carbons (Fsp3) is 0.516. The highest BCUT2D eigenvalue weighted by atomic mass is 32.2. The smallest absolute Gasteiger partial charge is 0.244 e. The van der Waals surface area contributed by atoms with E-state index in [1.807, 2.05) is 60.7 Å². The molecule has 7 nitrogen and oxygen atoms in total. The van der Waals surface area contributed by atoms with Crippen LogP contribution in [0.5, 0.6) is 0 Å². The van der Waals surface area contributed by atoms with Crippen LogP contribution in [0.3, 0.4) is 0 Å². The summed E-state index contributed by atoms with van der Waals surface area (Å²) in [4.78, 5) is 43.9. The highest BCUT2D eigenvalue weighted by molar-refractivity contribution is 8.02. The van der Waals surface area contributed by atoms with Gasteiger partial charge in [-0.1, -0.05) is 67.8 Å².